The summed E-state index contributed by atoms with van der Waals surface area (Å²) in [5, 5.41) is 14.8. The summed E-state index contributed by atoms with van der Waals surface area (Å²) in [7, 11) is 0. The molecule has 3 N–H and O–H groups in total. The van der Waals surface area contributed by atoms with E-state index in [9.17, 15) is 4.79 Å². The highest BCUT2D eigenvalue weighted by Crippen LogP contribution is 2.28. The van der Waals surface area contributed by atoms with Crippen LogP contribution in [-0.2, 0) is 0 Å². The van der Waals surface area contributed by atoms with Crippen molar-refractivity contribution < 1.29 is 9.90 Å². The van der Waals surface area contributed by atoms with Gasteiger partial charge in [0, 0.05) is 18.8 Å². The van der Waals surface area contributed by atoms with Gasteiger partial charge in [0.1, 0.15) is 0 Å². The van der Waals surface area contributed by atoms with Crippen LogP contribution in [0.25, 0.3) is 10.4 Å². The molecule has 0 spiro atoms. The number of aromatic nitrogens is 1. The average molecular weight is 291 g/mol. The molecule has 0 saturated carbocycles. The lowest BCUT2D eigenvalue weighted by Gasteiger charge is -2.11. The minimum absolute atomic E-state index is 0.0524. The van der Waals surface area contributed by atoms with Gasteiger partial charge in [0.05, 0.1) is 4.88 Å². The fourth-order valence-corrected chi connectivity index (χ4v) is 2.51. The molecule has 0 aliphatic carbocycles. The van der Waals surface area contributed by atoms with Crippen LogP contribution < -0.4 is 10.6 Å². The van der Waals surface area contributed by atoms with Crippen LogP contribution in [0.2, 0.25) is 0 Å². The topological polar surface area (TPSA) is 74.2 Å². The lowest BCUT2D eigenvalue weighted by Crippen LogP contribution is -2.36. The zero-order chi connectivity index (χ0) is 14.4. The molecule has 0 radical (unpaired) electrons. The number of aliphatic hydroxyl groups excluding tert-OH is 1. The smallest absolute Gasteiger partial charge is 0.321 e. The van der Waals surface area contributed by atoms with Gasteiger partial charge < -0.3 is 10.4 Å². The molecular formula is C14H17N3O2S. The number of urea groups is 1. The van der Waals surface area contributed by atoms with E-state index >= 15 is 0 Å². The second-order valence-electron chi connectivity index (χ2n) is 4.41. The molecule has 0 fully saturated rings. The van der Waals surface area contributed by atoms with Crippen LogP contribution in [0.3, 0.4) is 0 Å². The number of benzene rings is 1. The van der Waals surface area contributed by atoms with E-state index in [0.29, 0.717) is 11.6 Å². The Morgan fingerprint density at radius 2 is 2.15 bits per heavy atom. The molecule has 2 amide bonds. The maximum Gasteiger partial charge on any atom is 0.321 e. The summed E-state index contributed by atoms with van der Waals surface area (Å²) in [5.41, 5.74) is 1.08. The number of thiazole rings is 1. The molecule has 2 rings (SSSR count). The number of hydrogen-bond donors (Lipinski definition) is 3. The summed E-state index contributed by atoms with van der Waals surface area (Å²) in [6, 6.07) is 9.51. The third kappa shape index (κ3) is 4.04. The van der Waals surface area contributed by atoms with Gasteiger partial charge in [-0.1, -0.05) is 41.7 Å². The van der Waals surface area contributed by atoms with Gasteiger partial charge in [-0.2, -0.15) is 0 Å². The predicted octanol–water partition coefficient (Wildman–Crippen LogP) is 2.70. The van der Waals surface area contributed by atoms with Gasteiger partial charge in [-0.15, -0.1) is 0 Å². The standard InChI is InChI=1S/C14H17N3O2S/c1-10(7-8-18)16-13(19)17-14-15-9-12(20-14)11-5-3-2-4-6-11/h2-6,9-10,18H,7-8H2,1H3,(H2,15,16,17,19)/t10-/m1/s1. The third-order valence-electron chi connectivity index (χ3n) is 2.72. The number of amides is 2. The summed E-state index contributed by atoms with van der Waals surface area (Å²) >= 11 is 1.42. The molecule has 0 unspecified atom stereocenters. The van der Waals surface area contributed by atoms with Crippen molar-refractivity contribution in [2.45, 2.75) is 19.4 Å². The lowest BCUT2D eigenvalue weighted by molar-refractivity contribution is 0.241. The maximum absolute atomic E-state index is 11.7. The van der Waals surface area contributed by atoms with Crippen LogP contribution in [0, 0.1) is 0 Å². The van der Waals surface area contributed by atoms with Crippen LogP contribution >= 0.6 is 11.3 Å². The second-order valence-corrected chi connectivity index (χ2v) is 5.44. The van der Waals surface area contributed by atoms with E-state index < -0.39 is 0 Å². The minimum atomic E-state index is -0.306. The SMILES string of the molecule is C[C@H](CCO)NC(=O)Nc1ncc(-c2ccccc2)s1. The number of nitrogens with one attached hydrogen (secondary N) is 2. The van der Waals surface area contributed by atoms with Crippen molar-refractivity contribution in [3.8, 4) is 10.4 Å². The highest BCUT2D eigenvalue weighted by atomic mass is 32.1. The maximum atomic E-state index is 11.7. The van der Waals surface area contributed by atoms with Crippen LogP contribution in [0.1, 0.15) is 13.3 Å². The van der Waals surface area contributed by atoms with Crippen LogP contribution in [0.4, 0.5) is 9.93 Å². The van der Waals surface area contributed by atoms with Gasteiger partial charge in [0.15, 0.2) is 5.13 Å². The van der Waals surface area contributed by atoms with Crippen molar-refractivity contribution >= 4 is 22.5 Å². The molecule has 6 heteroatoms. The number of nitrogens with zero attached hydrogens (tertiary/aromatic N) is 1. The Bertz CT molecular complexity index is 557. The third-order valence-corrected chi connectivity index (χ3v) is 3.69. The van der Waals surface area contributed by atoms with E-state index in [1.54, 1.807) is 6.20 Å². The minimum Gasteiger partial charge on any atom is -0.396 e. The van der Waals surface area contributed by atoms with Gasteiger partial charge in [-0.05, 0) is 18.9 Å². The van der Waals surface area contributed by atoms with Crippen molar-refractivity contribution in [3.63, 3.8) is 0 Å². The number of anilines is 1. The fraction of sp³-hybridized carbons (Fsp3) is 0.286. The van der Waals surface area contributed by atoms with E-state index in [2.05, 4.69) is 15.6 Å². The zero-order valence-corrected chi connectivity index (χ0v) is 12.0. The second kappa shape index (κ2) is 7.02. The average Bonchev–Trinajstić information content (AvgIpc) is 2.88. The summed E-state index contributed by atoms with van der Waals surface area (Å²) in [5.74, 6) is 0. The first-order chi connectivity index (χ1) is 9.69. The Morgan fingerprint density at radius 3 is 2.85 bits per heavy atom. The summed E-state index contributed by atoms with van der Waals surface area (Å²) in [4.78, 5) is 16.9. The van der Waals surface area contributed by atoms with Crippen molar-refractivity contribution in [1.29, 1.82) is 0 Å². The number of carbonyl (C=O) groups excluding carboxylic acids is 1. The molecule has 1 aromatic carbocycles. The Labute approximate surface area is 121 Å². The Kier molecular flexibility index (Phi) is 5.09. The molecule has 0 saturated heterocycles. The molecule has 2 aromatic rings. The Hall–Kier alpha value is -1.92. The monoisotopic (exact) mass is 291 g/mol. The quantitative estimate of drug-likeness (QED) is 0.793. The van der Waals surface area contributed by atoms with Crippen molar-refractivity contribution in [2.24, 2.45) is 0 Å². The number of carbonyl (C=O) groups is 1. The lowest BCUT2D eigenvalue weighted by atomic mass is 10.2. The van der Waals surface area contributed by atoms with Crippen molar-refractivity contribution in [1.82, 2.24) is 10.3 Å². The van der Waals surface area contributed by atoms with Crippen molar-refractivity contribution in [3.05, 3.63) is 36.5 Å². The molecule has 1 aromatic heterocycles. The van der Waals surface area contributed by atoms with E-state index in [0.717, 1.165) is 10.4 Å². The molecule has 0 bridgehead atoms. The van der Waals surface area contributed by atoms with Gasteiger partial charge >= 0.3 is 6.03 Å². The molecule has 0 aliphatic heterocycles. The van der Waals surface area contributed by atoms with E-state index in [1.807, 2.05) is 37.3 Å². The number of hydrogen-bond acceptors (Lipinski definition) is 4. The highest BCUT2D eigenvalue weighted by Gasteiger charge is 2.10. The van der Waals surface area contributed by atoms with E-state index in [-0.39, 0.29) is 18.7 Å². The Balaban J connectivity index is 1.95. The van der Waals surface area contributed by atoms with Gasteiger partial charge in [-0.25, -0.2) is 9.78 Å². The zero-order valence-electron chi connectivity index (χ0n) is 11.2. The number of rotatable bonds is 5. The van der Waals surface area contributed by atoms with Crippen LogP contribution in [0.5, 0.6) is 0 Å². The summed E-state index contributed by atoms with van der Waals surface area (Å²) in [6.07, 6.45) is 2.27. The Morgan fingerprint density at radius 1 is 1.40 bits per heavy atom. The van der Waals surface area contributed by atoms with Crippen LogP contribution in [-0.4, -0.2) is 28.8 Å². The summed E-state index contributed by atoms with van der Waals surface area (Å²) in [6.45, 7) is 1.89. The predicted molar refractivity (Wildman–Crippen MR) is 80.9 cm³/mol. The first-order valence-electron chi connectivity index (χ1n) is 6.38. The molecule has 106 valence electrons. The first kappa shape index (κ1) is 14.5. The largest absolute Gasteiger partial charge is 0.396 e. The molecule has 0 aliphatic rings. The van der Waals surface area contributed by atoms with E-state index in [4.69, 9.17) is 5.11 Å². The molecule has 1 atom stereocenters. The van der Waals surface area contributed by atoms with Gasteiger partial charge in [0.25, 0.3) is 0 Å². The van der Waals surface area contributed by atoms with E-state index in [1.165, 1.54) is 11.3 Å². The number of aliphatic hydroxyl groups is 1. The summed E-state index contributed by atoms with van der Waals surface area (Å²) < 4.78 is 0. The molecule has 5 nitrogen and oxygen atoms in total. The molecule has 20 heavy (non-hydrogen) atoms. The fourth-order valence-electron chi connectivity index (χ4n) is 1.69. The van der Waals surface area contributed by atoms with Gasteiger partial charge in [-0.3, -0.25) is 5.32 Å². The highest BCUT2D eigenvalue weighted by molar-refractivity contribution is 7.19. The molecular weight excluding hydrogens is 274 g/mol. The molecule has 1 heterocycles. The van der Waals surface area contributed by atoms with Crippen molar-refractivity contribution in [2.75, 3.05) is 11.9 Å². The normalized spacial score (nSPS) is 11.9. The first-order valence-corrected chi connectivity index (χ1v) is 7.20. The van der Waals surface area contributed by atoms with Gasteiger partial charge in [0.2, 0.25) is 0 Å². The van der Waals surface area contributed by atoms with Crippen LogP contribution in [0.15, 0.2) is 36.5 Å².